The number of carbonyl (C=O) groups is 2. The second-order valence-corrected chi connectivity index (χ2v) is 3.74. The van der Waals surface area contributed by atoms with Gasteiger partial charge in [-0.1, -0.05) is 0 Å². The summed E-state index contributed by atoms with van der Waals surface area (Å²) in [6.45, 7) is 0. The molecule has 0 bridgehead atoms. The fraction of sp³-hybridized carbons (Fsp3) is 0.333. The summed E-state index contributed by atoms with van der Waals surface area (Å²) >= 11 is 0. The monoisotopic (exact) mass is 252 g/mol. The molecule has 18 heavy (non-hydrogen) atoms. The van der Waals surface area contributed by atoms with Crippen LogP contribution in [-0.2, 0) is 19.1 Å². The summed E-state index contributed by atoms with van der Waals surface area (Å²) < 4.78 is 14.9. The van der Waals surface area contributed by atoms with Crippen molar-refractivity contribution in [2.75, 3.05) is 7.11 Å². The Morgan fingerprint density at radius 3 is 2.39 bits per heavy atom. The van der Waals surface area contributed by atoms with Gasteiger partial charge in [-0.2, -0.15) is 0 Å². The van der Waals surface area contributed by atoms with Gasteiger partial charge in [-0.15, -0.1) is 0 Å². The van der Waals surface area contributed by atoms with Gasteiger partial charge in [-0.25, -0.2) is 0 Å². The van der Waals surface area contributed by atoms with Gasteiger partial charge in [0.15, 0.2) is 11.5 Å². The average molecular weight is 252 g/mol. The third-order valence-corrected chi connectivity index (χ3v) is 2.49. The second-order valence-electron chi connectivity index (χ2n) is 3.74. The van der Waals surface area contributed by atoms with E-state index in [1.807, 2.05) is 0 Å². The van der Waals surface area contributed by atoms with Crippen molar-refractivity contribution >= 4 is 11.9 Å². The quantitative estimate of drug-likeness (QED) is 0.798. The molecule has 1 aliphatic heterocycles. The Labute approximate surface area is 103 Å². The van der Waals surface area contributed by atoms with Crippen molar-refractivity contribution in [3.63, 3.8) is 0 Å². The molecule has 96 valence electrons. The number of carbonyl (C=O) groups excluding carboxylic acids is 2. The minimum absolute atomic E-state index is 0.00452. The molecule has 0 atom stereocenters. The van der Waals surface area contributed by atoms with Gasteiger partial charge in [-0.3, -0.25) is 9.59 Å². The summed E-state index contributed by atoms with van der Waals surface area (Å²) in [6.07, 6.45) is -1.09. The van der Waals surface area contributed by atoms with E-state index in [2.05, 4.69) is 0 Å². The van der Waals surface area contributed by atoms with Gasteiger partial charge in [0.25, 0.3) is 6.29 Å². The molecule has 0 saturated carbocycles. The lowest BCUT2D eigenvalue weighted by Crippen LogP contribution is -2.12. The molecule has 1 saturated heterocycles. The predicted octanol–water partition coefficient (Wildman–Crippen LogP) is 1.28. The van der Waals surface area contributed by atoms with E-state index in [0.717, 1.165) is 0 Å². The number of phenols is 1. The zero-order valence-corrected chi connectivity index (χ0v) is 9.71. The van der Waals surface area contributed by atoms with Crippen molar-refractivity contribution in [2.24, 2.45) is 0 Å². The summed E-state index contributed by atoms with van der Waals surface area (Å²) in [5.74, 6) is -0.841. The van der Waals surface area contributed by atoms with Crippen molar-refractivity contribution in [3.8, 4) is 11.5 Å². The summed E-state index contributed by atoms with van der Waals surface area (Å²) in [5.41, 5.74) is 0.424. The highest BCUT2D eigenvalue weighted by Gasteiger charge is 2.26. The number of benzene rings is 1. The number of methoxy groups -OCH3 is 1. The SMILES string of the molecule is COc1cc(C2OC(=O)CCC(=O)O2)ccc1O. The Kier molecular flexibility index (Phi) is 3.36. The highest BCUT2D eigenvalue weighted by Crippen LogP contribution is 2.31. The van der Waals surface area contributed by atoms with E-state index in [9.17, 15) is 14.7 Å². The van der Waals surface area contributed by atoms with Crippen molar-refractivity contribution in [1.82, 2.24) is 0 Å². The highest BCUT2D eigenvalue weighted by atomic mass is 16.7. The summed E-state index contributed by atoms with van der Waals surface area (Å²) in [7, 11) is 1.39. The molecular formula is C12H12O6. The summed E-state index contributed by atoms with van der Waals surface area (Å²) in [6, 6.07) is 4.32. The number of hydrogen-bond donors (Lipinski definition) is 1. The molecule has 0 radical (unpaired) electrons. The molecule has 0 spiro atoms. The van der Waals surface area contributed by atoms with E-state index < -0.39 is 18.2 Å². The molecule has 1 fully saturated rings. The lowest BCUT2D eigenvalue weighted by atomic mass is 10.2. The van der Waals surface area contributed by atoms with Crippen LogP contribution in [0.4, 0.5) is 0 Å². The second kappa shape index (κ2) is 4.95. The van der Waals surface area contributed by atoms with Gasteiger partial charge in [0.1, 0.15) is 0 Å². The molecule has 1 heterocycles. The molecule has 0 aliphatic carbocycles. The van der Waals surface area contributed by atoms with Crippen LogP contribution in [0.2, 0.25) is 0 Å². The van der Waals surface area contributed by atoms with Crippen LogP contribution in [0, 0.1) is 0 Å². The van der Waals surface area contributed by atoms with Gasteiger partial charge in [0, 0.05) is 5.56 Å². The van der Waals surface area contributed by atoms with Gasteiger partial charge in [-0.05, 0) is 18.2 Å². The molecule has 1 aromatic carbocycles. The summed E-state index contributed by atoms with van der Waals surface area (Å²) in [4.78, 5) is 22.6. The van der Waals surface area contributed by atoms with E-state index in [4.69, 9.17) is 14.2 Å². The standard InChI is InChI=1S/C12H12O6/c1-16-9-6-7(2-3-8(9)13)12-17-10(14)4-5-11(15)18-12/h2-3,6,12-13H,4-5H2,1H3. The molecule has 6 heteroatoms. The van der Waals surface area contributed by atoms with Crippen LogP contribution in [0.3, 0.4) is 0 Å². The molecule has 6 nitrogen and oxygen atoms in total. The molecule has 1 aromatic rings. The van der Waals surface area contributed by atoms with Gasteiger partial charge < -0.3 is 19.3 Å². The Bertz CT molecular complexity index is 463. The van der Waals surface area contributed by atoms with E-state index in [1.165, 1.54) is 25.3 Å². The molecule has 1 aliphatic rings. The van der Waals surface area contributed by atoms with Crippen molar-refractivity contribution < 1.29 is 28.9 Å². The molecule has 0 unspecified atom stereocenters. The first-order valence-electron chi connectivity index (χ1n) is 5.36. The van der Waals surface area contributed by atoms with Crippen LogP contribution in [0.5, 0.6) is 11.5 Å². The third-order valence-electron chi connectivity index (χ3n) is 2.49. The van der Waals surface area contributed by atoms with Gasteiger partial charge >= 0.3 is 11.9 Å². The normalized spacial score (nSPS) is 16.7. The minimum Gasteiger partial charge on any atom is -0.504 e. The summed E-state index contributed by atoms with van der Waals surface area (Å²) in [5, 5.41) is 9.45. The number of cyclic esters (lactones) is 2. The van der Waals surface area contributed by atoms with Crippen molar-refractivity contribution in [2.45, 2.75) is 19.1 Å². The fourth-order valence-corrected chi connectivity index (χ4v) is 1.56. The smallest absolute Gasteiger partial charge is 0.309 e. The van der Waals surface area contributed by atoms with Crippen molar-refractivity contribution in [1.29, 1.82) is 0 Å². The first-order valence-corrected chi connectivity index (χ1v) is 5.36. The number of hydrogen-bond acceptors (Lipinski definition) is 6. The Morgan fingerprint density at radius 2 is 1.83 bits per heavy atom. The predicted molar refractivity (Wildman–Crippen MR) is 58.8 cm³/mol. The lowest BCUT2D eigenvalue weighted by Gasteiger charge is -2.16. The molecule has 1 N–H and O–H groups in total. The largest absolute Gasteiger partial charge is 0.504 e. The van der Waals surface area contributed by atoms with Crippen LogP contribution in [-0.4, -0.2) is 24.2 Å². The van der Waals surface area contributed by atoms with E-state index in [-0.39, 0.29) is 24.3 Å². The van der Waals surface area contributed by atoms with E-state index >= 15 is 0 Å². The minimum atomic E-state index is -1.10. The van der Waals surface area contributed by atoms with Gasteiger partial charge in [0.2, 0.25) is 0 Å². The topological polar surface area (TPSA) is 82.1 Å². The zero-order valence-electron chi connectivity index (χ0n) is 9.71. The average Bonchev–Trinajstić information content (AvgIpc) is 2.52. The van der Waals surface area contributed by atoms with Crippen LogP contribution in [0.1, 0.15) is 24.7 Å². The fourth-order valence-electron chi connectivity index (χ4n) is 1.56. The lowest BCUT2D eigenvalue weighted by molar-refractivity contribution is -0.182. The zero-order chi connectivity index (χ0) is 13.1. The van der Waals surface area contributed by atoms with E-state index in [0.29, 0.717) is 5.56 Å². The van der Waals surface area contributed by atoms with Gasteiger partial charge in [0.05, 0.1) is 20.0 Å². The van der Waals surface area contributed by atoms with Crippen LogP contribution >= 0.6 is 0 Å². The highest BCUT2D eigenvalue weighted by molar-refractivity contribution is 5.79. The number of rotatable bonds is 2. The Balaban J connectivity index is 2.28. The molecule has 2 rings (SSSR count). The Morgan fingerprint density at radius 1 is 1.22 bits per heavy atom. The van der Waals surface area contributed by atoms with Crippen LogP contribution < -0.4 is 4.74 Å². The van der Waals surface area contributed by atoms with E-state index in [1.54, 1.807) is 0 Å². The number of aromatic hydroxyl groups is 1. The number of phenolic OH excluding ortho intramolecular Hbond substituents is 1. The maximum Gasteiger partial charge on any atom is 0.309 e. The maximum atomic E-state index is 11.3. The third kappa shape index (κ3) is 2.53. The molecule has 0 aromatic heterocycles. The number of ether oxygens (including phenoxy) is 3. The van der Waals surface area contributed by atoms with Crippen LogP contribution in [0.25, 0.3) is 0 Å². The molecule has 0 amide bonds. The Hall–Kier alpha value is -2.24. The van der Waals surface area contributed by atoms with Crippen LogP contribution in [0.15, 0.2) is 18.2 Å². The first kappa shape index (κ1) is 12.2. The maximum absolute atomic E-state index is 11.3. The first-order chi connectivity index (χ1) is 8.60. The molecular weight excluding hydrogens is 240 g/mol. The van der Waals surface area contributed by atoms with Crippen molar-refractivity contribution in [3.05, 3.63) is 23.8 Å². The number of esters is 2.